The van der Waals surface area contributed by atoms with Crippen molar-refractivity contribution in [1.82, 2.24) is 4.98 Å². The van der Waals surface area contributed by atoms with E-state index in [4.69, 9.17) is 10.5 Å². The summed E-state index contributed by atoms with van der Waals surface area (Å²) in [4.78, 5) is 13.8. The number of hydrogen-bond acceptors (Lipinski definition) is 5. The molecule has 1 aromatic heterocycles. The lowest BCUT2D eigenvalue weighted by molar-refractivity contribution is -0.129. The van der Waals surface area contributed by atoms with E-state index in [0.29, 0.717) is 23.6 Å². The highest BCUT2D eigenvalue weighted by Gasteiger charge is 2.02. The van der Waals surface area contributed by atoms with Gasteiger partial charge in [0.2, 0.25) is 5.88 Å². The molecule has 0 atom stereocenters. The van der Waals surface area contributed by atoms with Gasteiger partial charge in [-0.05, 0) is 0 Å². The van der Waals surface area contributed by atoms with Gasteiger partial charge in [-0.2, -0.15) is 0 Å². The molecule has 0 aliphatic carbocycles. The number of rotatable bonds is 4. The molecule has 0 aliphatic heterocycles. The minimum absolute atomic E-state index is 0.133. The normalized spacial score (nSPS) is 9.31. The lowest BCUT2D eigenvalue weighted by Crippen LogP contribution is -1.99. The average Bonchev–Trinajstić information content (AvgIpc) is 2.17. The molecule has 5 nitrogen and oxygen atoms in total. The van der Waals surface area contributed by atoms with Gasteiger partial charge in [-0.15, -0.1) is 0 Å². The Morgan fingerprint density at radius 2 is 2.46 bits per heavy atom. The van der Waals surface area contributed by atoms with Crippen molar-refractivity contribution in [2.24, 2.45) is 0 Å². The van der Waals surface area contributed by atoms with Crippen LogP contribution in [0.2, 0.25) is 0 Å². The Morgan fingerprint density at radius 3 is 3.08 bits per heavy atom. The topological polar surface area (TPSA) is 74.4 Å². The Labute approximate surface area is 75.5 Å². The van der Waals surface area contributed by atoms with E-state index in [-0.39, 0.29) is 6.61 Å². The highest BCUT2D eigenvalue weighted by atomic mass is 16.5. The molecule has 1 heterocycles. The van der Waals surface area contributed by atoms with Crippen LogP contribution in [0.25, 0.3) is 0 Å². The highest BCUT2D eigenvalue weighted by molar-refractivity contribution is 5.47. The van der Waals surface area contributed by atoms with Crippen molar-refractivity contribution in [1.29, 1.82) is 0 Å². The van der Waals surface area contributed by atoms with E-state index in [2.05, 4.69) is 9.72 Å². The van der Waals surface area contributed by atoms with Crippen LogP contribution in [0.5, 0.6) is 5.88 Å². The molecule has 1 rings (SSSR count). The van der Waals surface area contributed by atoms with Crippen LogP contribution in [0.15, 0.2) is 12.3 Å². The first-order valence-electron chi connectivity index (χ1n) is 3.61. The minimum Gasteiger partial charge on any atom is -0.481 e. The first-order chi connectivity index (χ1) is 6.27. The maximum absolute atomic E-state index is 9.93. The van der Waals surface area contributed by atoms with E-state index in [1.807, 2.05) is 0 Å². The number of nitrogens with zero attached hydrogens (tertiary/aromatic N) is 1. The van der Waals surface area contributed by atoms with Crippen molar-refractivity contribution < 1.29 is 14.3 Å². The second-order valence-electron chi connectivity index (χ2n) is 2.33. The molecule has 0 unspecified atom stereocenters. The van der Waals surface area contributed by atoms with E-state index in [0.717, 1.165) is 0 Å². The number of anilines is 1. The van der Waals surface area contributed by atoms with Crippen LogP contribution >= 0.6 is 0 Å². The van der Waals surface area contributed by atoms with E-state index >= 15 is 0 Å². The van der Waals surface area contributed by atoms with Gasteiger partial charge in [0.15, 0.2) is 0 Å². The minimum atomic E-state index is 0.133. The quantitative estimate of drug-likeness (QED) is 0.680. The number of hydrogen-bond donors (Lipinski definition) is 1. The second-order valence-corrected chi connectivity index (χ2v) is 2.33. The number of ether oxygens (including phenoxy) is 2. The van der Waals surface area contributed by atoms with Gasteiger partial charge in [-0.25, -0.2) is 4.98 Å². The van der Waals surface area contributed by atoms with Crippen LogP contribution in [-0.4, -0.2) is 18.6 Å². The van der Waals surface area contributed by atoms with Gasteiger partial charge in [0.05, 0.1) is 19.0 Å². The molecule has 0 bridgehead atoms. The van der Waals surface area contributed by atoms with Crippen molar-refractivity contribution in [3.05, 3.63) is 17.8 Å². The SMILES string of the molecule is COc1cc(COC=O)c(N)cn1. The average molecular weight is 182 g/mol. The molecule has 0 saturated heterocycles. The molecule has 1 aromatic rings. The molecule has 5 heteroatoms. The fraction of sp³-hybridized carbons (Fsp3) is 0.250. The van der Waals surface area contributed by atoms with Crippen molar-refractivity contribution in [2.45, 2.75) is 6.61 Å². The van der Waals surface area contributed by atoms with Crippen molar-refractivity contribution in [3.63, 3.8) is 0 Å². The third kappa shape index (κ3) is 2.33. The molecule has 70 valence electrons. The number of aromatic nitrogens is 1. The molecule has 0 amide bonds. The molecular weight excluding hydrogens is 172 g/mol. The number of carbonyl (C=O) groups excluding carboxylic acids is 1. The van der Waals surface area contributed by atoms with E-state index in [1.165, 1.54) is 13.3 Å². The van der Waals surface area contributed by atoms with E-state index in [9.17, 15) is 4.79 Å². The van der Waals surface area contributed by atoms with Gasteiger partial charge < -0.3 is 15.2 Å². The van der Waals surface area contributed by atoms with Crippen LogP contribution < -0.4 is 10.5 Å². The van der Waals surface area contributed by atoms with Crippen LogP contribution in [0.1, 0.15) is 5.56 Å². The summed E-state index contributed by atoms with van der Waals surface area (Å²) in [5, 5.41) is 0. The lowest BCUT2D eigenvalue weighted by Gasteiger charge is -2.05. The molecule has 0 aromatic carbocycles. The van der Waals surface area contributed by atoms with Gasteiger partial charge >= 0.3 is 0 Å². The fourth-order valence-corrected chi connectivity index (χ4v) is 0.846. The first kappa shape index (κ1) is 9.31. The summed E-state index contributed by atoms with van der Waals surface area (Å²) in [6.45, 7) is 0.501. The number of pyridine rings is 1. The summed E-state index contributed by atoms with van der Waals surface area (Å²) < 4.78 is 9.44. The van der Waals surface area contributed by atoms with Gasteiger partial charge in [-0.1, -0.05) is 0 Å². The van der Waals surface area contributed by atoms with Gasteiger partial charge in [0.1, 0.15) is 6.61 Å². The summed E-state index contributed by atoms with van der Waals surface area (Å²) >= 11 is 0. The summed E-state index contributed by atoms with van der Waals surface area (Å²) in [6.07, 6.45) is 1.46. The van der Waals surface area contributed by atoms with Gasteiger partial charge in [0.25, 0.3) is 6.47 Å². The van der Waals surface area contributed by atoms with Crippen LogP contribution in [-0.2, 0) is 16.1 Å². The summed E-state index contributed by atoms with van der Waals surface area (Å²) in [6, 6.07) is 1.62. The molecule has 0 radical (unpaired) electrons. The number of methoxy groups -OCH3 is 1. The largest absolute Gasteiger partial charge is 0.481 e. The Kier molecular flexibility index (Phi) is 3.08. The maximum atomic E-state index is 9.93. The second kappa shape index (κ2) is 4.30. The fourth-order valence-electron chi connectivity index (χ4n) is 0.846. The maximum Gasteiger partial charge on any atom is 0.293 e. The van der Waals surface area contributed by atoms with Crippen LogP contribution in [0, 0.1) is 0 Å². The van der Waals surface area contributed by atoms with Crippen LogP contribution in [0.4, 0.5) is 5.69 Å². The summed E-state index contributed by atoms with van der Waals surface area (Å²) in [5.41, 5.74) is 6.73. The molecule has 0 spiro atoms. The van der Waals surface area contributed by atoms with Crippen molar-refractivity contribution in [3.8, 4) is 5.88 Å². The molecule has 13 heavy (non-hydrogen) atoms. The Balaban J connectivity index is 2.83. The molecular formula is C8H10N2O3. The molecule has 2 N–H and O–H groups in total. The van der Waals surface area contributed by atoms with Gasteiger partial charge in [0, 0.05) is 11.6 Å². The first-order valence-corrected chi connectivity index (χ1v) is 3.61. The number of nitrogen functional groups attached to an aromatic ring is 1. The zero-order valence-electron chi connectivity index (χ0n) is 7.19. The Hall–Kier alpha value is -1.78. The Morgan fingerprint density at radius 1 is 1.69 bits per heavy atom. The van der Waals surface area contributed by atoms with Crippen molar-refractivity contribution in [2.75, 3.05) is 12.8 Å². The smallest absolute Gasteiger partial charge is 0.293 e. The summed E-state index contributed by atoms with van der Waals surface area (Å²) in [5.74, 6) is 0.443. The Bertz CT molecular complexity index is 301. The van der Waals surface area contributed by atoms with E-state index < -0.39 is 0 Å². The van der Waals surface area contributed by atoms with Crippen molar-refractivity contribution >= 4 is 12.2 Å². The third-order valence-electron chi connectivity index (χ3n) is 1.52. The molecule has 0 aliphatic rings. The zero-order chi connectivity index (χ0) is 9.68. The number of nitrogens with two attached hydrogens (primary N) is 1. The lowest BCUT2D eigenvalue weighted by atomic mass is 10.2. The molecule has 0 fully saturated rings. The van der Waals surface area contributed by atoms with E-state index in [1.54, 1.807) is 6.07 Å². The monoisotopic (exact) mass is 182 g/mol. The number of carbonyl (C=O) groups is 1. The predicted molar refractivity (Wildman–Crippen MR) is 46.1 cm³/mol. The molecule has 0 saturated carbocycles. The van der Waals surface area contributed by atoms with Gasteiger partial charge in [-0.3, -0.25) is 4.79 Å². The predicted octanol–water partition coefficient (Wildman–Crippen LogP) is 0.345. The zero-order valence-corrected chi connectivity index (χ0v) is 7.19. The van der Waals surface area contributed by atoms with Crippen LogP contribution in [0.3, 0.4) is 0 Å². The summed E-state index contributed by atoms with van der Waals surface area (Å²) in [7, 11) is 1.50. The third-order valence-corrected chi connectivity index (χ3v) is 1.52. The standard InChI is InChI=1S/C8H10N2O3/c1-12-8-2-6(4-13-5-11)7(9)3-10-8/h2-3,5H,4,9H2,1H3. The highest BCUT2D eigenvalue weighted by Crippen LogP contribution is 2.16.